The second-order valence-corrected chi connectivity index (χ2v) is 8.39. The lowest BCUT2D eigenvalue weighted by Gasteiger charge is -2.18. The molecule has 1 heterocycles. The molecule has 0 saturated heterocycles. The van der Waals surface area contributed by atoms with Crippen LogP contribution in [0, 0.1) is 0 Å². The van der Waals surface area contributed by atoms with Crippen LogP contribution in [0.15, 0.2) is 16.3 Å². The van der Waals surface area contributed by atoms with Gasteiger partial charge in [-0.05, 0) is 12.1 Å². The van der Waals surface area contributed by atoms with Gasteiger partial charge in [0.05, 0.1) is 0 Å². The molecule has 0 radical (unpaired) electrons. The number of primary sulfonamides is 1. The van der Waals surface area contributed by atoms with Gasteiger partial charge in [0.1, 0.15) is 4.21 Å². The lowest BCUT2D eigenvalue weighted by molar-refractivity contribution is 0.435. The van der Waals surface area contributed by atoms with Crippen molar-refractivity contribution in [2.45, 2.75) is 24.6 Å². The van der Waals surface area contributed by atoms with Crippen molar-refractivity contribution >= 4 is 31.6 Å². The maximum absolute atomic E-state index is 11.8. The molecule has 1 aromatic rings. The van der Waals surface area contributed by atoms with Crippen LogP contribution in [0.2, 0.25) is 0 Å². The number of nitrogens with two attached hydrogens (primary N) is 1. The van der Waals surface area contributed by atoms with Crippen LogP contribution in [0.5, 0.6) is 0 Å². The van der Waals surface area contributed by atoms with E-state index in [0.717, 1.165) is 11.3 Å². The third-order valence-corrected chi connectivity index (χ3v) is 6.62. The summed E-state index contributed by atoms with van der Waals surface area (Å²) in [5, 5.41) is 4.98. The molecule has 0 aliphatic heterocycles. The van der Waals surface area contributed by atoms with Gasteiger partial charge in [-0.1, -0.05) is 13.8 Å². The van der Waals surface area contributed by atoms with Gasteiger partial charge in [0.2, 0.25) is 10.0 Å². The van der Waals surface area contributed by atoms with Crippen LogP contribution >= 0.6 is 11.3 Å². The first-order valence-electron chi connectivity index (χ1n) is 5.57. The molecular weight excluding hydrogens is 310 g/mol. The van der Waals surface area contributed by atoms with Gasteiger partial charge >= 0.3 is 0 Å². The molecule has 0 saturated carbocycles. The molecule has 0 bridgehead atoms. The first-order chi connectivity index (χ1) is 8.70. The van der Waals surface area contributed by atoms with Crippen LogP contribution in [-0.2, 0) is 26.8 Å². The molecule has 1 rings (SSSR count). The Morgan fingerprint density at radius 1 is 1.21 bits per heavy atom. The largest absolute Gasteiger partial charge is 0.279 e. The average molecular weight is 327 g/mol. The molecule has 0 amide bonds. The number of thiophene rings is 1. The topological polar surface area (TPSA) is 110 Å². The highest BCUT2D eigenvalue weighted by atomic mass is 32.2. The molecule has 1 aromatic heterocycles. The van der Waals surface area contributed by atoms with E-state index in [1.54, 1.807) is 13.8 Å². The molecule has 0 atom stereocenters. The first kappa shape index (κ1) is 16.5. The quantitative estimate of drug-likeness (QED) is 0.738. The fraction of sp³-hybridized carbons (Fsp3) is 0.556. The van der Waals surface area contributed by atoms with Crippen molar-refractivity contribution in [2.24, 2.45) is 5.14 Å². The van der Waals surface area contributed by atoms with Crippen molar-refractivity contribution in [3.8, 4) is 0 Å². The van der Waals surface area contributed by atoms with Gasteiger partial charge in [0.15, 0.2) is 0 Å². The van der Waals surface area contributed by atoms with Crippen molar-refractivity contribution in [1.29, 1.82) is 0 Å². The third-order valence-electron chi connectivity index (χ3n) is 2.39. The van der Waals surface area contributed by atoms with E-state index < -0.39 is 20.2 Å². The fourth-order valence-corrected chi connectivity index (χ4v) is 4.43. The normalized spacial score (nSPS) is 13.1. The SMILES string of the molecule is CCN(CC)S(=O)(=O)NCc1ccc(S(N)(=O)=O)s1. The Kier molecular flexibility index (Phi) is 5.47. The van der Waals surface area contributed by atoms with E-state index in [-0.39, 0.29) is 10.8 Å². The molecule has 0 aliphatic carbocycles. The number of rotatable bonds is 7. The van der Waals surface area contributed by atoms with Crippen molar-refractivity contribution in [2.75, 3.05) is 13.1 Å². The Morgan fingerprint density at radius 3 is 2.21 bits per heavy atom. The van der Waals surface area contributed by atoms with E-state index in [1.165, 1.54) is 16.4 Å². The predicted octanol–water partition coefficient (Wildman–Crippen LogP) is 0.0717. The highest BCUT2D eigenvalue weighted by Gasteiger charge is 2.18. The van der Waals surface area contributed by atoms with E-state index >= 15 is 0 Å². The molecule has 0 unspecified atom stereocenters. The predicted molar refractivity (Wildman–Crippen MR) is 74.4 cm³/mol. The number of hydrogen-bond acceptors (Lipinski definition) is 5. The molecule has 0 fully saturated rings. The zero-order valence-electron chi connectivity index (χ0n) is 10.7. The van der Waals surface area contributed by atoms with E-state index in [2.05, 4.69) is 4.72 Å². The Balaban J connectivity index is 2.75. The minimum Gasteiger partial charge on any atom is -0.224 e. The molecular formula is C9H17N3O4S3. The molecule has 0 aliphatic rings. The van der Waals surface area contributed by atoms with Crippen LogP contribution in [0.25, 0.3) is 0 Å². The second-order valence-electron chi connectivity index (χ2n) is 3.68. The summed E-state index contributed by atoms with van der Waals surface area (Å²) in [7, 11) is -7.27. The molecule has 19 heavy (non-hydrogen) atoms. The maximum atomic E-state index is 11.8. The highest BCUT2D eigenvalue weighted by Crippen LogP contribution is 2.20. The van der Waals surface area contributed by atoms with Crippen LogP contribution < -0.4 is 9.86 Å². The van der Waals surface area contributed by atoms with Crippen molar-refractivity contribution in [3.63, 3.8) is 0 Å². The van der Waals surface area contributed by atoms with Crippen LogP contribution in [0.1, 0.15) is 18.7 Å². The minimum absolute atomic E-state index is 0.0181. The molecule has 7 nitrogen and oxygen atoms in total. The van der Waals surface area contributed by atoms with Crippen LogP contribution in [0.4, 0.5) is 0 Å². The summed E-state index contributed by atoms with van der Waals surface area (Å²) in [6.07, 6.45) is 0. The third kappa shape index (κ3) is 4.51. The van der Waals surface area contributed by atoms with E-state index in [9.17, 15) is 16.8 Å². The monoisotopic (exact) mass is 327 g/mol. The Bertz CT molecular complexity index is 617. The van der Waals surface area contributed by atoms with Gasteiger partial charge in [-0.15, -0.1) is 11.3 Å². The minimum atomic E-state index is -3.73. The Hall–Kier alpha value is -0.520. The smallest absolute Gasteiger partial charge is 0.224 e. The fourth-order valence-electron chi connectivity index (χ4n) is 1.42. The summed E-state index contributed by atoms with van der Waals surface area (Å²) in [6.45, 7) is 4.27. The van der Waals surface area contributed by atoms with Gasteiger partial charge in [0.25, 0.3) is 10.2 Å². The molecule has 0 spiro atoms. The summed E-state index contributed by atoms with van der Waals surface area (Å²) in [5.74, 6) is 0. The van der Waals surface area contributed by atoms with Gasteiger partial charge < -0.3 is 0 Å². The summed E-state index contributed by atoms with van der Waals surface area (Å²) >= 11 is 0.949. The number of nitrogens with zero attached hydrogens (tertiary/aromatic N) is 1. The molecule has 10 heteroatoms. The second kappa shape index (κ2) is 6.29. The number of nitrogens with one attached hydrogen (secondary N) is 1. The van der Waals surface area contributed by atoms with E-state index in [1.807, 2.05) is 0 Å². The zero-order valence-corrected chi connectivity index (χ0v) is 13.1. The summed E-state index contributed by atoms with van der Waals surface area (Å²) in [5.41, 5.74) is 0. The number of hydrogen-bond donors (Lipinski definition) is 2. The molecule has 3 N–H and O–H groups in total. The van der Waals surface area contributed by atoms with Gasteiger partial charge in [0, 0.05) is 24.5 Å². The van der Waals surface area contributed by atoms with Crippen LogP contribution in [0.3, 0.4) is 0 Å². The van der Waals surface area contributed by atoms with E-state index in [0.29, 0.717) is 18.0 Å². The lowest BCUT2D eigenvalue weighted by Crippen LogP contribution is -2.39. The Labute approximate surface area is 117 Å². The zero-order chi connectivity index (χ0) is 14.7. The van der Waals surface area contributed by atoms with Crippen molar-refractivity contribution in [3.05, 3.63) is 17.0 Å². The summed E-state index contributed by atoms with van der Waals surface area (Å²) in [4.78, 5) is 0.583. The molecule has 110 valence electrons. The van der Waals surface area contributed by atoms with E-state index in [4.69, 9.17) is 5.14 Å². The average Bonchev–Trinajstić information content (AvgIpc) is 2.76. The van der Waals surface area contributed by atoms with Gasteiger partial charge in [-0.2, -0.15) is 17.4 Å². The highest BCUT2D eigenvalue weighted by molar-refractivity contribution is 7.91. The standard InChI is InChI=1S/C9H17N3O4S3/c1-3-12(4-2)19(15,16)11-7-8-5-6-9(17-8)18(10,13)14/h5-6,11H,3-4,7H2,1-2H3,(H2,10,13,14). The first-order valence-corrected chi connectivity index (χ1v) is 9.37. The van der Waals surface area contributed by atoms with Gasteiger partial charge in [-0.25, -0.2) is 13.6 Å². The lowest BCUT2D eigenvalue weighted by atomic mass is 10.5. The summed E-state index contributed by atoms with van der Waals surface area (Å²) < 4.78 is 49.6. The van der Waals surface area contributed by atoms with Crippen molar-refractivity contribution < 1.29 is 16.8 Å². The van der Waals surface area contributed by atoms with Crippen molar-refractivity contribution in [1.82, 2.24) is 9.03 Å². The van der Waals surface area contributed by atoms with Gasteiger partial charge in [-0.3, -0.25) is 0 Å². The molecule has 0 aromatic carbocycles. The Morgan fingerprint density at radius 2 is 1.79 bits per heavy atom. The number of sulfonamides is 1. The summed E-state index contributed by atoms with van der Waals surface area (Å²) in [6, 6.07) is 2.90. The maximum Gasteiger partial charge on any atom is 0.279 e. The van der Waals surface area contributed by atoms with Crippen LogP contribution in [-0.4, -0.2) is 34.2 Å².